The molecule has 1 aromatic rings. The molecule has 1 fully saturated rings. The number of hydrogen-bond donors (Lipinski definition) is 2. The molecule has 0 saturated carbocycles. The molecule has 1 atom stereocenters. The highest BCUT2D eigenvalue weighted by Crippen LogP contribution is 2.21. The molecule has 140 valence electrons. The Balaban J connectivity index is 2.00. The fourth-order valence-corrected chi connectivity index (χ4v) is 3.42. The molecule has 2 rings (SSSR count). The van der Waals surface area contributed by atoms with Crippen molar-refractivity contribution in [2.24, 2.45) is 0 Å². The third-order valence-corrected chi connectivity index (χ3v) is 5.78. The summed E-state index contributed by atoms with van der Waals surface area (Å²) < 4.78 is 27.2. The van der Waals surface area contributed by atoms with E-state index in [1.165, 1.54) is 26.5 Å². The summed E-state index contributed by atoms with van der Waals surface area (Å²) in [5.74, 6) is 0.354. The largest absolute Gasteiger partial charge is 0.357 e. The quantitative estimate of drug-likeness (QED) is 0.715. The van der Waals surface area contributed by atoms with Gasteiger partial charge in [0, 0.05) is 52.7 Å². The molecule has 2 N–H and O–H groups in total. The maximum atomic E-state index is 12.8. The summed E-state index contributed by atoms with van der Waals surface area (Å²) in [7, 11) is 1.23. The number of nitrogens with one attached hydrogen (secondary N) is 2. The number of carbonyl (C=O) groups is 1. The number of carbonyl (C=O) groups excluding carboxylic acids is 1. The first kappa shape index (κ1) is 19.5. The van der Waals surface area contributed by atoms with E-state index in [9.17, 15) is 13.2 Å². The van der Waals surface area contributed by atoms with Gasteiger partial charge in [0.15, 0.2) is 0 Å². The Morgan fingerprint density at radius 2 is 2.00 bits per heavy atom. The van der Waals surface area contributed by atoms with Crippen molar-refractivity contribution in [1.29, 1.82) is 0 Å². The fraction of sp³-hybridized carbons (Fsp3) is 0.667. The van der Waals surface area contributed by atoms with E-state index in [0.717, 1.165) is 23.6 Å². The lowest BCUT2D eigenvalue weighted by molar-refractivity contribution is 0.0603. The first-order valence-corrected chi connectivity index (χ1v) is 9.77. The summed E-state index contributed by atoms with van der Waals surface area (Å²) in [6, 6.07) is 0.00934. The minimum absolute atomic E-state index is 0.00934. The molecule has 1 aliphatic rings. The molecule has 1 amide bonds. The number of amides is 1. The van der Waals surface area contributed by atoms with Crippen molar-refractivity contribution in [2.45, 2.75) is 31.7 Å². The molecule has 10 heteroatoms. The van der Waals surface area contributed by atoms with E-state index in [2.05, 4.69) is 20.0 Å². The van der Waals surface area contributed by atoms with E-state index in [1.54, 1.807) is 7.05 Å². The van der Waals surface area contributed by atoms with Gasteiger partial charge in [-0.2, -0.15) is 12.7 Å². The second-order valence-corrected chi connectivity index (χ2v) is 8.13. The highest BCUT2D eigenvalue weighted by Gasteiger charge is 2.28. The van der Waals surface area contributed by atoms with Crippen LogP contribution in [0.4, 0.5) is 5.95 Å². The van der Waals surface area contributed by atoms with Crippen molar-refractivity contribution in [2.75, 3.05) is 39.5 Å². The zero-order valence-corrected chi connectivity index (χ0v) is 15.7. The third kappa shape index (κ3) is 5.10. The highest BCUT2D eigenvalue weighted by atomic mass is 32.2. The Hall–Kier alpha value is -1.78. The second-order valence-electron chi connectivity index (χ2n) is 6.16. The van der Waals surface area contributed by atoms with E-state index >= 15 is 0 Å². The van der Waals surface area contributed by atoms with Crippen molar-refractivity contribution >= 4 is 22.1 Å². The topological polar surface area (TPSA) is 108 Å². The number of nitrogens with zero attached hydrogens (tertiary/aromatic N) is 4. The average molecular weight is 370 g/mol. The van der Waals surface area contributed by atoms with Crippen molar-refractivity contribution in [1.82, 2.24) is 23.9 Å². The monoisotopic (exact) mass is 370 g/mol. The first-order valence-electron chi connectivity index (χ1n) is 8.33. The molecule has 0 aromatic carbocycles. The molecule has 1 saturated heterocycles. The Kier molecular flexibility index (Phi) is 6.68. The lowest BCUT2D eigenvalue weighted by Crippen LogP contribution is -2.46. The molecular formula is C15H26N6O3S. The van der Waals surface area contributed by atoms with Crippen molar-refractivity contribution in [3.05, 3.63) is 18.0 Å². The standard InChI is InChI=1S/C15H26N6O3S/c1-16-15-17-10-12(11-18-15)14(22)21-9-5-4-6-13(21)7-8-19-25(23,24)20(2)3/h10-11,13,19H,4-9H2,1-3H3,(H,16,17,18). The normalized spacial score (nSPS) is 18.4. The maximum absolute atomic E-state index is 12.8. The third-order valence-electron chi connectivity index (χ3n) is 4.25. The number of piperidine rings is 1. The number of aromatic nitrogens is 2. The predicted molar refractivity (Wildman–Crippen MR) is 95.5 cm³/mol. The van der Waals surface area contributed by atoms with Crippen LogP contribution < -0.4 is 10.0 Å². The number of anilines is 1. The van der Waals surface area contributed by atoms with Gasteiger partial charge in [0.05, 0.1) is 5.56 Å². The van der Waals surface area contributed by atoms with Crippen LogP contribution in [0, 0.1) is 0 Å². The van der Waals surface area contributed by atoms with Crippen LogP contribution in [0.2, 0.25) is 0 Å². The summed E-state index contributed by atoms with van der Waals surface area (Å²) >= 11 is 0. The van der Waals surface area contributed by atoms with Gasteiger partial charge in [-0.15, -0.1) is 0 Å². The van der Waals surface area contributed by atoms with Crippen LogP contribution in [0.3, 0.4) is 0 Å². The fourth-order valence-electron chi connectivity index (χ4n) is 2.79. The molecular weight excluding hydrogens is 344 g/mol. The molecule has 1 aromatic heterocycles. The summed E-state index contributed by atoms with van der Waals surface area (Å²) in [5.41, 5.74) is 0.444. The highest BCUT2D eigenvalue weighted by molar-refractivity contribution is 7.87. The lowest BCUT2D eigenvalue weighted by atomic mass is 9.98. The molecule has 0 radical (unpaired) electrons. The molecule has 9 nitrogen and oxygen atoms in total. The maximum Gasteiger partial charge on any atom is 0.278 e. The molecule has 0 spiro atoms. The first-order chi connectivity index (χ1) is 11.8. The van der Waals surface area contributed by atoms with E-state index in [-0.39, 0.29) is 11.9 Å². The zero-order valence-electron chi connectivity index (χ0n) is 14.9. The lowest BCUT2D eigenvalue weighted by Gasteiger charge is -2.36. The van der Waals surface area contributed by atoms with Crippen LogP contribution in [0.25, 0.3) is 0 Å². The van der Waals surface area contributed by atoms with Gasteiger partial charge in [-0.3, -0.25) is 4.79 Å². The van der Waals surface area contributed by atoms with Gasteiger partial charge < -0.3 is 10.2 Å². The van der Waals surface area contributed by atoms with E-state index in [0.29, 0.717) is 31.0 Å². The van der Waals surface area contributed by atoms with Crippen molar-refractivity contribution in [3.8, 4) is 0 Å². The summed E-state index contributed by atoms with van der Waals surface area (Å²) in [6.45, 7) is 0.960. The van der Waals surface area contributed by atoms with Crippen LogP contribution >= 0.6 is 0 Å². The van der Waals surface area contributed by atoms with Crippen LogP contribution in [0.15, 0.2) is 12.4 Å². The smallest absolute Gasteiger partial charge is 0.278 e. The van der Waals surface area contributed by atoms with Crippen molar-refractivity contribution < 1.29 is 13.2 Å². The van der Waals surface area contributed by atoms with Gasteiger partial charge in [-0.25, -0.2) is 14.7 Å². The van der Waals surface area contributed by atoms with Crippen LogP contribution in [0.5, 0.6) is 0 Å². The zero-order chi connectivity index (χ0) is 18.4. The Morgan fingerprint density at radius 1 is 1.32 bits per heavy atom. The Labute approximate surface area is 149 Å². The second kappa shape index (κ2) is 8.54. The van der Waals surface area contributed by atoms with Gasteiger partial charge in [0.25, 0.3) is 16.1 Å². The average Bonchev–Trinajstić information content (AvgIpc) is 2.61. The molecule has 1 aliphatic heterocycles. The summed E-state index contributed by atoms with van der Waals surface area (Å²) in [4.78, 5) is 22.7. The predicted octanol–water partition coefficient (Wildman–Crippen LogP) is 0.299. The summed E-state index contributed by atoms with van der Waals surface area (Å²) in [6.07, 6.45) is 6.45. The number of rotatable bonds is 7. The van der Waals surface area contributed by atoms with Crippen LogP contribution in [-0.4, -0.2) is 73.8 Å². The molecule has 0 aliphatic carbocycles. The molecule has 0 bridgehead atoms. The van der Waals surface area contributed by atoms with Gasteiger partial charge in [0.1, 0.15) is 0 Å². The molecule has 1 unspecified atom stereocenters. The van der Waals surface area contributed by atoms with Gasteiger partial charge >= 0.3 is 0 Å². The molecule has 25 heavy (non-hydrogen) atoms. The van der Waals surface area contributed by atoms with E-state index < -0.39 is 10.2 Å². The van der Waals surface area contributed by atoms with E-state index in [4.69, 9.17) is 0 Å². The number of hydrogen-bond acceptors (Lipinski definition) is 6. The summed E-state index contributed by atoms with van der Waals surface area (Å²) in [5, 5.41) is 2.82. The van der Waals surface area contributed by atoms with Gasteiger partial charge in [-0.05, 0) is 25.7 Å². The number of likely N-dealkylation sites (tertiary alicyclic amines) is 1. The molecule has 2 heterocycles. The van der Waals surface area contributed by atoms with Crippen LogP contribution in [-0.2, 0) is 10.2 Å². The minimum Gasteiger partial charge on any atom is -0.357 e. The van der Waals surface area contributed by atoms with Crippen molar-refractivity contribution in [3.63, 3.8) is 0 Å². The SMILES string of the molecule is CNc1ncc(C(=O)N2CCCCC2CCNS(=O)(=O)N(C)C)cn1. The van der Waals surface area contributed by atoms with E-state index in [1.807, 2.05) is 4.90 Å². The van der Waals surface area contributed by atoms with Crippen LogP contribution in [0.1, 0.15) is 36.0 Å². The Bertz CT molecular complexity index is 677. The minimum atomic E-state index is -3.44. The Morgan fingerprint density at radius 3 is 2.60 bits per heavy atom. The van der Waals surface area contributed by atoms with Gasteiger partial charge in [-0.1, -0.05) is 0 Å². The van der Waals surface area contributed by atoms with Gasteiger partial charge in [0.2, 0.25) is 5.95 Å².